The summed E-state index contributed by atoms with van der Waals surface area (Å²) in [4.78, 5) is 2.17. The smallest absolute Gasteiger partial charge is 0.175 e. The van der Waals surface area contributed by atoms with E-state index in [9.17, 15) is 0 Å². The van der Waals surface area contributed by atoms with E-state index >= 15 is 0 Å². The Bertz CT molecular complexity index is 635. The molecular formula is C16H16N4. The molecule has 3 rings (SSSR count). The normalized spacial score (nSPS) is 12.1. The number of aromatic amines is 1. The maximum Gasteiger partial charge on any atom is 0.175 e. The van der Waals surface area contributed by atoms with Crippen molar-refractivity contribution in [3.8, 4) is 0 Å². The Morgan fingerprint density at radius 3 is 2.20 bits per heavy atom. The van der Waals surface area contributed by atoms with Crippen LogP contribution in [-0.4, -0.2) is 15.4 Å². The maximum atomic E-state index is 4.23. The SMILES string of the molecule is CC(c1ccccc1)N(c1ccccc1)c1cn[nH]n1. The molecule has 0 radical (unpaired) electrons. The lowest BCUT2D eigenvalue weighted by atomic mass is 10.1. The Kier molecular flexibility index (Phi) is 3.46. The number of aromatic nitrogens is 3. The zero-order valence-corrected chi connectivity index (χ0v) is 11.3. The number of anilines is 2. The molecule has 0 saturated carbocycles. The van der Waals surface area contributed by atoms with Crippen molar-refractivity contribution in [2.75, 3.05) is 4.90 Å². The van der Waals surface area contributed by atoms with Crippen LogP contribution in [0.3, 0.4) is 0 Å². The Labute approximate surface area is 118 Å². The average molecular weight is 264 g/mol. The van der Waals surface area contributed by atoms with Crippen LogP contribution in [0.5, 0.6) is 0 Å². The van der Waals surface area contributed by atoms with Gasteiger partial charge in [0.25, 0.3) is 0 Å². The maximum absolute atomic E-state index is 4.23. The lowest BCUT2D eigenvalue weighted by Gasteiger charge is -2.29. The number of H-pyrrole nitrogens is 1. The molecule has 1 unspecified atom stereocenters. The van der Waals surface area contributed by atoms with Crippen LogP contribution < -0.4 is 4.90 Å². The summed E-state index contributed by atoms with van der Waals surface area (Å²) in [5.74, 6) is 0.813. The number of rotatable bonds is 4. The summed E-state index contributed by atoms with van der Waals surface area (Å²) >= 11 is 0. The van der Waals surface area contributed by atoms with Gasteiger partial charge in [-0.3, -0.25) is 0 Å². The molecule has 3 aromatic rings. The molecule has 1 aromatic heterocycles. The second-order valence-electron chi connectivity index (χ2n) is 4.62. The highest BCUT2D eigenvalue weighted by Crippen LogP contribution is 2.32. The molecule has 1 heterocycles. The van der Waals surface area contributed by atoms with Crippen molar-refractivity contribution < 1.29 is 0 Å². The van der Waals surface area contributed by atoms with Crippen molar-refractivity contribution in [3.05, 3.63) is 72.4 Å². The first kappa shape index (κ1) is 12.4. The van der Waals surface area contributed by atoms with Crippen LogP contribution in [0.15, 0.2) is 66.9 Å². The minimum absolute atomic E-state index is 0.170. The third kappa shape index (κ3) is 2.40. The summed E-state index contributed by atoms with van der Waals surface area (Å²) in [6, 6.07) is 20.8. The van der Waals surface area contributed by atoms with E-state index in [-0.39, 0.29) is 6.04 Å². The van der Waals surface area contributed by atoms with Crippen LogP contribution in [0, 0.1) is 0 Å². The highest BCUT2D eigenvalue weighted by atomic mass is 15.4. The van der Waals surface area contributed by atoms with Gasteiger partial charge in [-0.05, 0) is 24.6 Å². The highest BCUT2D eigenvalue weighted by Gasteiger charge is 2.19. The molecule has 0 saturated heterocycles. The molecule has 2 aromatic carbocycles. The highest BCUT2D eigenvalue weighted by molar-refractivity contribution is 5.60. The van der Waals surface area contributed by atoms with E-state index in [2.05, 4.69) is 63.6 Å². The lowest BCUT2D eigenvalue weighted by Crippen LogP contribution is -2.21. The lowest BCUT2D eigenvalue weighted by molar-refractivity contribution is 0.759. The number of benzene rings is 2. The molecule has 1 N–H and O–H groups in total. The van der Waals surface area contributed by atoms with Crippen molar-refractivity contribution in [3.63, 3.8) is 0 Å². The van der Waals surface area contributed by atoms with Gasteiger partial charge in [0, 0.05) is 5.69 Å². The predicted molar refractivity (Wildman–Crippen MR) is 79.8 cm³/mol. The van der Waals surface area contributed by atoms with E-state index in [0.717, 1.165) is 11.5 Å². The second kappa shape index (κ2) is 5.57. The second-order valence-corrected chi connectivity index (χ2v) is 4.62. The summed E-state index contributed by atoms with van der Waals surface area (Å²) in [6.45, 7) is 2.16. The van der Waals surface area contributed by atoms with Crippen LogP contribution in [0.2, 0.25) is 0 Å². The van der Waals surface area contributed by atoms with Gasteiger partial charge in [-0.1, -0.05) is 48.5 Å². The Balaban J connectivity index is 2.03. The van der Waals surface area contributed by atoms with Crippen LogP contribution in [0.25, 0.3) is 0 Å². The Hall–Kier alpha value is -2.62. The fourth-order valence-corrected chi connectivity index (χ4v) is 2.34. The standard InChI is InChI=1S/C16H16N4/c1-13(14-8-4-2-5-9-14)20(16-12-17-19-18-16)15-10-6-3-7-11-15/h2-13H,1H3,(H,17,18,19). The number of nitrogens with one attached hydrogen (secondary N) is 1. The van der Waals surface area contributed by atoms with E-state index < -0.39 is 0 Å². The molecule has 0 spiro atoms. The molecule has 4 heteroatoms. The van der Waals surface area contributed by atoms with Gasteiger partial charge in [0.2, 0.25) is 0 Å². The quantitative estimate of drug-likeness (QED) is 0.781. The molecule has 20 heavy (non-hydrogen) atoms. The topological polar surface area (TPSA) is 44.8 Å². The third-order valence-corrected chi connectivity index (χ3v) is 3.35. The van der Waals surface area contributed by atoms with Crippen LogP contribution in [-0.2, 0) is 0 Å². The predicted octanol–water partition coefficient (Wildman–Crippen LogP) is 3.70. The minimum Gasteiger partial charge on any atom is -0.316 e. The van der Waals surface area contributed by atoms with Gasteiger partial charge < -0.3 is 4.90 Å². The van der Waals surface area contributed by atoms with Crippen molar-refractivity contribution >= 4 is 11.5 Å². The molecular weight excluding hydrogens is 248 g/mol. The number of nitrogens with zero attached hydrogens (tertiary/aromatic N) is 3. The fourth-order valence-electron chi connectivity index (χ4n) is 2.34. The first-order valence-corrected chi connectivity index (χ1v) is 6.61. The van der Waals surface area contributed by atoms with Gasteiger partial charge in [0.05, 0.1) is 12.2 Å². The zero-order valence-electron chi connectivity index (χ0n) is 11.3. The average Bonchev–Trinajstić information content (AvgIpc) is 3.03. The van der Waals surface area contributed by atoms with Gasteiger partial charge in [0.1, 0.15) is 0 Å². The minimum atomic E-state index is 0.170. The Morgan fingerprint density at radius 1 is 0.950 bits per heavy atom. The monoisotopic (exact) mass is 264 g/mol. The van der Waals surface area contributed by atoms with Crippen molar-refractivity contribution in [2.24, 2.45) is 0 Å². The zero-order chi connectivity index (χ0) is 13.8. The van der Waals surface area contributed by atoms with Crippen LogP contribution >= 0.6 is 0 Å². The van der Waals surface area contributed by atoms with Gasteiger partial charge in [0.15, 0.2) is 5.82 Å². The molecule has 0 aliphatic heterocycles. The van der Waals surface area contributed by atoms with E-state index in [4.69, 9.17) is 0 Å². The molecule has 0 fully saturated rings. The number of para-hydroxylation sites is 1. The third-order valence-electron chi connectivity index (χ3n) is 3.35. The van der Waals surface area contributed by atoms with E-state index in [1.165, 1.54) is 5.56 Å². The molecule has 0 bridgehead atoms. The summed E-state index contributed by atoms with van der Waals surface area (Å²) in [6.07, 6.45) is 1.74. The van der Waals surface area contributed by atoms with Gasteiger partial charge in [-0.15, -0.1) is 5.10 Å². The van der Waals surface area contributed by atoms with Gasteiger partial charge in [-0.25, -0.2) is 0 Å². The first-order chi connectivity index (χ1) is 9.86. The van der Waals surface area contributed by atoms with E-state index in [0.29, 0.717) is 0 Å². The van der Waals surface area contributed by atoms with Crippen LogP contribution in [0.4, 0.5) is 11.5 Å². The molecule has 0 aliphatic carbocycles. The summed E-state index contributed by atoms with van der Waals surface area (Å²) in [5, 5.41) is 10.8. The molecule has 0 amide bonds. The first-order valence-electron chi connectivity index (χ1n) is 6.61. The molecule has 100 valence electrons. The summed E-state index contributed by atoms with van der Waals surface area (Å²) in [7, 11) is 0. The molecule has 0 aliphatic rings. The molecule has 4 nitrogen and oxygen atoms in total. The largest absolute Gasteiger partial charge is 0.316 e. The van der Waals surface area contributed by atoms with Crippen molar-refractivity contribution in [2.45, 2.75) is 13.0 Å². The summed E-state index contributed by atoms with van der Waals surface area (Å²) in [5.41, 5.74) is 2.33. The number of hydrogen-bond donors (Lipinski definition) is 1. The molecule has 1 atom stereocenters. The van der Waals surface area contributed by atoms with E-state index in [1.54, 1.807) is 6.20 Å². The van der Waals surface area contributed by atoms with Gasteiger partial charge in [-0.2, -0.15) is 10.3 Å². The Morgan fingerprint density at radius 2 is 1.60 bits per heavy atom. The van der Waals surface area contributed by atoms with Gasteiger partial charge >= 0.3 is 0 Å². The summed E-state index contributed by atoms with van der Waals surface area (Å²) < 4.78 is 0. The van der Waals surface area contributed by atoms with Crippen LogP contribution in [0.1, 0.15) is 18.5 Å². The van der Waals surface area contributed by atoms with Crippen molar-refractivity contribution in [1.29, 1.82) is 0 Å². The van der Waals surface area contributed by atoms with E-state index in [1.807, 2.05) is 24.3 Å². The van der Waals surface area contributed by atoms with Crippen molar-refractivity contribution in [1.82, 2.24) is 15.4 Å². The number of hydrogen-bond acceptors (Lipinski definition) is 3. The fraction of sp³-hybridized carbons (Fsp3) is 0.125.